The number of benzene rings is 1. The first-order valence-electron chi connectivity index (χ1n) is 7.61. The number of rotatable bonds is 1. The quantitative estimate of drug-likeness (QED) is 0.812. The van der Waals surface area contributed by atoms with Crippen LogP contribution in [-0.2, 0) is 4.74 Å². The molecule has 0 aromatic heterocycles. The number of nitrogens with zero attached hydrogens (tertiary/aromatic N) is 1. The van der Waals surface area contributed by atoms with E-state index < -0.39 is 11.7 Å². The molecule has 0 aliphatic carbocycles. The lowest BCUT2D eigenvalue weighted by Crippen LogP contribution is -2.44. The maximum atomic E-state index is 12.2. The number of amides is 1. The van der Waals surface area contributed by atoms with Crippen molar-refractivity contribution in [2.75, 3.05) is 6.54 Å². The molecule has 1 aromatic rings. The van der Waals surface area contributed by atoms with Crippen molar-refractivity contribution in [1.29, 1.82) is 0 Å². The molecule has 4 nitrogen and oxygen atoms in total. The lowest BCUT2D eigenvalue weighted by Gasteiger charge is -2.29. The molecule has 1 aliphatic rings. The summed E-state index contributed by atoms with van der Waals surface area (Å²) < 4.78 is 5.39. The van der Waals surface area contributed by atoms with Gasteiger partial charge >= 0.3 is 6.09 Å². The van der Waals surface area contributed by atoms with E-state index in [1.54, 1.807) is 4.90 Å². The standard InChI is InChI=1S/C18H23NO3/c1-18(2,3)22-17(21)19-13-7-10-15(19)16(20)12-11-14-8-5-4-6-9-14/h4-6,8-9,15-16,20H,7,10,13H2,1-3H3/t15-,16+/m0/s1. The summed E-state index contributed by atoms with van der Waals surface area (Å²) in [5.41, 5.74) is 0.314. The molecule has 4 heteroatoms. The zero-order valence-electron chi connectivity index (χ0n) is 13.4. The molecule has 1 N–H and O–H groups in total. The Bertz CT molecular complexity index is 565. The maximum absolute atomic E-state index is 12.2. The molecule has 1 heterocycles. The van der Waals surface area contributed by atoms with Gasteiger partial charge in [0.1, 0.15) is 11.7 Å². The van der Waals surface area contributed by atoms with Crippen molar-refractivity contribution in [3.63, 3.8) is 0 Å². The number of carbonyl (C=O) groups is 1. The van der Waals surface area contributed by atoms with Crippen LogP contribution < -0.4 is 0 Å². The Labute approximate surface area is 132 Å². The van der Waals surface area contributed by atoms with Gasteiger partial charge in [-0.1, -0.05) is 30.0 Å². The molecule has 1 amide bonds. The second-order valence-electron chi connectivity index (χ2n) is 6.46. The van der Waals surface area contributed by atoms with Gasteiger partial charge in [0.15, 0.2) is 0 Å². The van der Waals surface area contributed by atoms with Crippen LogP contribution in [0.2, 0.25) is 0 Å². The van der Waals surface area contributed by atoms with Crippen molar-refractivity contribution in [2.45, 2.75) is 51.4 Å². The minimum atomic E-state index is -0.866. The summed E-state index contributed by atoms with van der Waals surface area (Å²) in [4.78, 5) is 13.8. The summed E-state index contributed by atoms with van der Waals surface area (Å²) in [5, 5.41) is 10.3. The zero-order valence-corrected chi connectivity index (χ0v) is 13.4. The predicted molar refractivity (Wildman–Crippen MR) is 85.3 cm³/mol. The number of hydrogen-bond acceptors (Lipinski definition) is 3. The molecule has 1 aliphatic heterocycles. The highest BCUT2D eigenvalue weighted by Crippen LogP contribution is 2.23. The van der Waals surface area contributed by atoms with Crippen LogP contribution in [0.3, 0.4) is 0 Å². The Hall–Kier alpha value is -1.99. The molecule has 0 saturated carbocycles. The van der Waals surface area contributed by atoms with Crippen LogP contribution in [0.15, 0.2) is 30.3 Å². The van der Waals surface area contributed by atoms with E-state index in [4.69, 9.17) is 4.74 Å². The molecule has 1 fully saturated rings. The van der Waals surface area contributed by atoms with E-state index in [1.807, 2.05) is 51.1 Å². The molecule has 2 rings (SSSR count). The van der Waals surface area contributed by atoms with Gasteiger partial charge in [0, 0.05) is 12.1 Å². The molecule has 0 radical (unpaired) electrons. The monoisotopic (exact) mass is 301 g/mol. The Morgan fingerprint density at radius 3 is 2.68 bits per heavy atom. The molecule has 0 spiro atoms. The number of carbonyl (C=O) groups excluding carboxylic acids is 1. The van der Waals surface area contributed by atoms with E-state index in [0.29, 0.717) is 6.54 Å². The number of aliphatic hydroxyl groups is 1. The fraction of sp³-hybridized carbons (Fsp3) is 0.500. The molecule has 22 heavy (non-hydrogen) atoms. The molecular weight excluding hydrogens is 278 g/mol. The summed E-state index contributed by atoms with van der Waals surface area (Å²) >= 11 is 0. The van der Waals surface area contributed by atoms with Crippen LogP contribution in [0, 0.1) is 11.8 Å². The topological polar surface area (TPSA) is 49.8 Å². The summed E-state index contributed by atoms with van der Waals surface area (Å²) in [6.45, 7) is 6.11. The Balaban J connectivity index is 2.04. The third-order valence-corrected chi connectivity index (χ3v) is 3.43. The highest BCUT2D eigenvalue weighted by molar-refractivity contribution is 5.69. The third kappa shape index (κ3) is 4.51. The van der Waals surface area contributed by atoms with E-state index in [-0.39, 0.29) is 12.1 Å². The summed E-state index contributed by atoms with van der Waals surface area (Å²) in [6.07, 6.45) is 0.350. The average molecular weight is 301 g/mol. The SMILES string of the molecule is CC(C)(C)OC(=O)N1CCC[C@H]1[C@H](O)C#Cc1ccccc1. The fourth-order valence-corrected chi connectivity index (χ4v) is 2.44. The maximum Gasteiger partial charge on any atom is 0.410 e. The largest absolute Gasteiger partial charge is 0.444 e. The van der Waals surface area contributed by atoms with Crippen molar-refractivity contribution < 1.29 is 14.6 Å². The predicted octanol–water partition coefficient (Wildman–Crippen LogP) is 2.80. The van der Waals surface area contributed by atoms with Crippen molar-refractivity contribution in [2.24, 2.45) is 0 Å². The van der Waals surface area contributed by atoms with Gasteiger partial charge < -0.3 is 14.7 Å². The second kappa shape index (κ2) is 6.85. The normalized spacial score (nSPS) is 19.3. The molecule has 0 bridgehead atoms. The molecule has 0 unspecified atom stereocenters. The second-order valence-corrected chi connectivity index (χ2v) is 6.46. The Morgan fingerprint density at radius 2 is 2.05 bits per heavy atom. The number of ether oxygens (including phenoxy) is 1. The number of likely N-dealkylation sites (tertiary alicyclic amines) is 1. The first-order valence-corrected chi connectivity index (χ1v) is 7.61. The highest BCUT2D eigenvalue weighted by Gasteiger charge is 2.35. The first kappa shape index (κ1) is 16.4. The molecule has 1 saturated heterocycles. The van der Waals surface area contributed by atoms with E-state index in [2.05, 4.69) is 11.8 Å². The molecule has 118 valence electrons. The lowest BCUT2D eigenvalue weighted by atomic mass is 10.1. The minimum absolute atomic E-state index is 0.300. The van der Waals surface area contributed by atoms with Gasteiger partial charge in [-0.2, -0.15) is 0 Å². The van der Waals surface area contributed by atoms with Gasteiger partial charge in [-0.05, 0) is 45.7 Å². The van der Waals surface area contributed by atoms with Crippen LogP contribution in [-0.4, -0.2) is 40.4 Å². The van der Waals surface area contributed by atoms with Gasteiger partial charge in [-0.3, -0.25) is 0 Å². The lowest BCUT2D eigenvalue weighted by molar-refractivity contribution is 0.0123. The van der Waals surface area contributed by atoms with Crippen LogP contribution >= 0.6 is 0 Å². The highest BCUT2D eigenvalue weighted by atomic mass is 16.6. The summed E-state index contributed by atoms with van der Waals surface area (Å²) in [7, 11) is 0. The number of aliphatic hydroxyl groups excluding tert-OH is 1. The number of hydrogen-bond donors (Lipinski definition) is 1. The Morgan fingerprint density at radius 1 is 1.36 bits per heavy atom. The van der Waals surface area contributed by atoms with Crippen LogP contribution in [0.5, 0.6) is 0 Å². The van der Waals surface area contributed by atoms with E-state index in [0.717, 1.165) is 18.4 Å². The van der Waals surface area contributed by atoms with E-state index in [1.165, 1.54) is 0 Å². The fourth-order valence-electron chi connectivity index (χ4n) is 2.44. The summed E-state index contributed by atoms with van der Waals surface area (Å²) in [6, 6.07) is 9.20. The van der Waals surface area contributed by atoms with Crippen molar-refractivity contribution in [3.05, 3.63) is 35.9 Å². The summed E-state index contributed by atoms with van der Waals surface area (Å²) in [5.74, 6) is 5.79. The van der Waals surface area contributed by atoms with Crippen molar-refractivity contribution in [1.82, 2.24) is 4.90 Å². The molecular formula is C18H23NO3. The van der Waals surface area contributed by atoms with Gasteiger partial charge in [0.2, 0.25) is 0 Å². The van der Waals surface area contributed by atoms with Gasteiger partial charge in [0.25, 0.3) is 0 Å². The van der Waals surface area contributed by atoms with E-state index in [9.17, 15) is 9.90 Å². The smallest absolute Gasteiger partial charge is 0.410 e. The molecule has 2 atom stereocenters. The van der Waals surface area contributed by atoms with Crippen LogP contribution in [0.1, 0.15) is 39.2 Å². The van der Waals surface area contributed by atoms with Gasteiger partial charge in [-0.15, -0.1) is 0 Å². The van der Waals surface area contributed by atoms with Crippen LogP contribution in [0.4, 0.5) is 4.79 Å². The van der Waals surface area contributed by atoms with Crippen molar-refractivity contribution in [3.8, 4) is 11.8 Å². The molecule has 1 aromatic carbocycles. The van der Waals surface area contributed by atoms with Crippen molar-refractivity contribution >= 4 is 6.09 Å². The Kier molecular flexibility index (Phi) is 5.10. The third-order valence-electron chi connectivity index (χ3n) is 3.43. The minimum Gasteiger partial charge on any atom is -0.444 e. The average Bonchev–Trinajstić information content (AvgIpc) is 2.93. The zero-order chi connectivity index (χ0) is 16.2. The van der Waals surface area contributed by atoms with E-state index >= 15 is 0 Å². The van der Waals surface area contributed by atoms with Gasteiger partial charge in [-0.25, -0.2) is 4.79 Å². The van der Waals surface area contributed by atoms with Gasteiger partial charge in [0.05, 0.1) is 6.04 Å². The van der Waals surface area contributed by atoms with Crippen LogP contribution in [0.25, 0.3) is 0 Å². The first-order chi connectivity index (χ1) is 10.4.